The predicted molar refractivity (Wildman–Crippen MR) is 105 cm³/mol. The number of hydrogen-bond acceptors (Lipinski definition) is 4. The van der Waals surface area contributed by atoms with Crippen LogP contribution in [0, 0.1) is 5.41 Å². The highest BCUT2D eigenvalue weighted by atomic mass is 16.2. The van der Waals surface area contributed by atoms with E-state index in [1.165, 1.54) is 11.3 Å². The second kappa shape index (κ2) is 8.19. The summed E-state index contributed by atoms with van der Waals surface area (Å²) < 4.78 is 0. The van der Waals surface area contributed by atoms with Crippen molar-refractivity contribution in [2.45, 2.75) is 26.8 Å². The molecule has 0 radical (unpaired) electrons. The van der Waals surface area contributed by atoms with E-state index >= 15 is 0 Å². The standard InChI is InChI=1S/C20H34N4O/c1-20(2,3)19(25)21-15-18(24-13-11-23(6)12-14-24)16-7-9-17(10-8-16)22(4)5/h7-10,18H,11-15H2,1-6H3,(H,21,25)/t18-/m0/s1. The number of nitrogens with zero attached hydrogens (tertiary/aromatic N) is 3. The van der Waals surface area contributed by atoms with E-state index in [-0.39, 0.29) is 17.4 Å². The molecule has 1 fully saturated rings. The summed E-state index contributed by atoms with van der Waals surface area (Å²) in [5, 5.41) is 3.16. The topological polar surface area (TPSA) is 38.8 Å². The molecule has 2 rings (SSSR count). The van der Waals surface area contributed by atoms with Crippen molar-refractivity contribution in [1.82, 2.24) is 15.1 Å². The molecule has 1 aliphatic rings. The van der Waals surface area contributed by atoms with Gasteiger partial charge in [0.15, 0.2) is 0 Å². The molecule has 25 heavy (non-hydrogen) atoms. The van der Waals surface area contributed by atoms with Crippen LogP contribution >= 0.6 is 0 Å². The van der Waals surface area contributed by atoms with Gasteiger partial charge >= 0.3 is 0 Å². The number of carbonyl (C=O) groups is 1. The van der Waals surface area contributed by atoms with E-state index in [0.29, 0.717) is 6.54 Å². The van der Waals surface area contributed by atoms with Crippen LogP contribution in [0.25, 0.3) is 0 Å². The number of carbonyl (C=O) groups excluding carboxylic acids is 1. The summed E-state index contributed by atoms with van der Waals surface area (Å²) >= 11 is 0. The Balaban J connectivity index is 2.15. The molecule has 1 aliphatic heterocycles. The Morgan fingerprint density at radius 1 is 1.12 bits per heavy atom. The highest BCUT2D eigenvalue weighted by Gasteiger charge is 2.27. The molecule has 0 aliphatic carbocycles. The minimum atomic E-state index is -0.360. The van der Waals surface area contributed by atoms with Gasteiger partial charge in [-0.15, -0.1) is 0 Å². The number of piperazine rings is 1. The second-order valence-corrected chi connectivity index (χ2v) is 8.30. The van der Waals surface area contributed by atoms with Gasteiger partial charge < -0.3 is 15.1 Å². The molecule has 5 nitrogen and oxygen atoms in total. The van der Waals surface area contributed by atoms with Gasteiger partial charge in [-0.2, -0.15) is 0 Å². The Morgan fingerprint density at radius 3 is 2.16 bits per heavy atom. The molecule has 1 N–H and O–H groups in total. The number of amides is 1. The second-order valence-electron chi connectivity index (χ2n) is 8.30. The maximum atomic E-state index is 12.3. The Bertz CT molecular complexity index is 554. The molecule has 0 unspecified atom stereocenters. The zero-order chi connectivity index (χ0) is 18.6. The van der Waals surface area contributed by atoms with Gasteiger partial charge in [-0.1, -0.05) is 32.9 Å². The average Bonchev–Trinajstić information content (AvgIpc) is 2.56. The first-order valence-corrected chi connectivity index (χ1v) is 9.16. The van der Waals surface area contributed by atoms with Gasteiger partial charge in [-0.3, -0.25) is 9.69 Å². The lowest BCUT2D eigenvalue weighted by atomic mass is 9.95. The van der Waals surface area contributed by atoms with Crippen LogP contribution < -0.4 is 10.2 Å². The molecular weight excluding hydrogens is 312 g/mol. The van der Waals surface area contributed by atoms with Gasteiger partial charge in [-0.05, 0) is 24.7 Å². The Kier molecular flexibility index (Phi) is 6.47. The van der Waals surface area contributed by atoms with Crippen LogP contribution in [-0.2, 0) is 4.79 Å². The van der Waals surface area contributed by atoms with E-state index in [1.807, 2.05) is 20.8 Å². The molecule has 1 amide bonds. The molecule has 1 aromatic rings. The molecule has 5 heteroatoms. The van der Waals surface area contributed by atoms with Crippen molar-refractivity contribution >= 4 is 11.6 Å². The molecule has 0 spiro atoms. The monoisotopic (exact) mass is 346 g/mol. The molecular formula is C20H34N4O. The number of likely N-dealkylation sites (N-methyl/N-ethyl adjacent to an activating group) is 1. The Labute approximate surface area is 153 Å². The molecule has 1 heterocycles. The van der Waals surface area contributed by atoms with Crippen molar-refractivity contribution in [3.8, 4) is 0 Å². The fourth-order valence-electron chi connectivity index (χ4n) is 3.04. The average molecular weight is 347 g/mol. The third kappa shape index (κ3) is 5.44. The fraction of sp³-hybridized carbons (Fsp3) is 0.650. The summed E-state index contributed by atoms with van der Waals surface area (Å²) in [4.78, 5) is 19.3. The maximum Gasteiger partial charge on any atom is 0.225 e. The summed E-state index contributed by atoms with van der Waals surface area (Å²) in [6.07, 6.45) is 0. The van der Waals surface area contributed by atoms with Crippen LogP contribution in [0.3, 0.4) is 0 Å². The molecule has 1 atom stereocenters. The van der Waals surface area contributed by atoms with Gasteiger partial charge in [-0.25, -0.2) is 0 Å². The number of rotatable bonds is 5. The number of nitrogens with one attached hydrogen (secondary N) is 1. The first-order chi connectivity index (χ1) is 11.7. The number of hydrogen-bond donors (Lipinski definition) is 1. The zero-order valence-corrected chi connectivity index (χ0v) is 16.7. The summed E-state index contributed by atoms with van der Waals surface area (Å²) in [5.74, 6) is 0.108. The molecule has 0 saturated carbocycles. The third-order valence-electron chi connectivity index (χ3n) is 4.91. The van der Waals surface area contributed by atoms with Crippen LogP contribution in [-0.4, -0.2) is 69.6 Å². The lowest BCUT2D eigenvalue weighted by Gasteiger charge is -2.38. The molecule has 1 saturated heterocycles. The third-order valence-corrected chi connectivity index (χ3v) is 4.91. The first kappa shape index (κ1) is 19.7. The Morgan fingerprint density at radius 2 is 1.68 bits per heavy atom. The van der Waals surface area contributed by atoms with Gasteiger partial charge in [0, 0.05) is 57.9 Å². The minimum absolute atomic E-state index is 0.108. The van der Waals surface area contributed by atoms with Gasteiger partial charge in [0.25, 0.3) is 0 Å². The fourth-order valence-corrected chi connectivity index (χ4v) is 3.04. The van der Waals surface area contributed by atoms with Crippen LogP contribution in [0.2, 0.25) is 0 Å². The van der Waals surface area contributed by atoms with Gasteiger partial charge in [0.1, 0.15) is 0 Å². The van der Waals surface area contributed by atoms with Crippen LogP contribution in [0.4, 0.5) is 5.69 Å². The quantitative estimate of drug-likeness (QED) is 0.887. The number of anilines is 1. The molecule has 0 bridgehead atoms. The van der Waals surface area contributed by atoms with Crippen molar-refractivity contribution in [3.63, 3.8) is 0 Å². The Hall–Kier alpha value is -1.59. The van der Waals surface area contributed by atoms with Gasteiger partial charge in [0.05, 0.1) is 6.04 Å². The SMILES string of the molecule is CN1CCN([C@@H](CNC(=O)C(C)(C)C)c2ccc(N(C)C)cc2)CC1. The maximum absolute atomic E-state index is 12.3. The number of benzene rings is 1. The summed E-state index contributed by atoms with van der Waals surface area (Å²) in [6, 6.07) is 8.92. The minimum Gasteiger partial charge on any atom is -0.378 e. The van der Waals surface area contributed by atoms with Crippen molar-refractivity contribution in [2.24, 2.45) is 5.41 Å². The molecule has 140 valence electrons. The highest BCUT2D eigenvalue weighted by Crippen LogP contribution is 2.24. The van der Waals surface area contributed by atoms with E-state index < -0.39 is 0 Å². The summed E-state index contributed by atoms with van der Waals surface area (Å²) in [5.41, 5.74) is 2.10. The summed E-state index contributed by atoms with van der Waals surface area (Å²) in [6.45, 7) is 10.7. The largest absolute Gasteiger partial charge is 0.378 e. The van der Waals surface area contributed by atoms with E-state index in [1.54, 1.807) is 0 Å². The van der Waals surface area contributed by atoms with Gasteiger partial charge in [0.2, 0.25) is 5.91 Å². The lowest BCUT2D eigenvalue weighted by Crippen LogP contribution is -2.49. The van der Waals surface area contributed by atoms with Crippen molar-refractivity contribution in [2.75, 3.05) is 58.8 Å². The van der Waals surface area contributed by atoms with Crippen LogP contribution in [0.15, 0.2) is 24.3 Å². The van der Waals surface area contributed by atoms with E-state index in [0.717, 1.165) is 26.2 Å². The van der Waals surface area contributed by atoms with E-state index in [4.69, 9.17) is 0 Å². The van der Waals surface area contributed by atoms with Crippen LogP contribution in [0.1, 0.15) is 32.4 Å². The lowest BCUT2D eigenvalue weighted by molar-refractivity contribution is -0.128. The van der Waals surface area contributed by atoms with E-state index in [2.05, 4.69) is 65.4 Å². The predicted octanol–water partition coefficient (Wildman–Crippen LogP) is 2.20. The smallest absolute Gasteiger partial charge is 0.225 e. The van der Waals surface area contributed by atoms with Crippen molar-refractivity contribution < 1.29 is 4.79 Å². The zero-order valence-electron chi connectivity index (χ0n) is 16.7. The van der Waals surface area contributed by atoms with Crippen molar-refractivity contribution in [3.05, 3.63) is 29.8 Å². The van der Waals surface area contributed by atoms with E-state index in [9.17, 15) is 4.79 Å². The molecule has 0 aromatic heterocycles. The molecule has 1 aromatic carbocycles. The van der Waals surface area contributed by atoms with Crippen molar-refractivity contribution in [1.29, 1.82) is 0 Å². The highest BCUT2D eigenvalue weighted by molar-refractivity contribution is 5.81. The normalized spacial score (nSPS) is 18.0. The summed E-state index contributed by atoms with van der Waals surface area (Å²) in [7, 11) is 6.27. The first-order valence-electron chi connectivity index (χ1n) is 9.16. The van der Waals surface area contributed by atoms with Crippen LogP contribution in [0.5, 0.6) is 0 Å².